The number of nitrogens with two attached hydrogens (primary N) is 1. The topological polar surface area (TPSA) is 97.0 Å². The first-order valence-corrected chi connectivity index (χ1v) is 8.86. The standard InChI is InChI=1S/C14H22N4O3S.HI/c15-14(18-7-9-21-10-8-18)16-6-11-22(19,20)17-12-13-4-2-1-3-5-13;/h1-5,17H,6-12H2,(H2,15,16);1H. The fraction of sp³-hybridized carbons (Fsp3) is 0.500. The zero-order valence-corrected chi connectivity index (χ0v) is 16.0. The average Bonchev–Trinajstić information content (AvgIpc) is 2.55. The van der Waals surface area contributed by atoms with E-state index in [0.29, 0.717) is 32.3 Å². The van der Waals surface area contributed by atoms with Crippen molar-refractivity contribution in [2.75, 3.05) is 38.6 Å². The molecule has 0 bridgehead atoms. The summed E-state index contributed by atoms with van der Waals surface area (Å²) in [5, 5.41) is 0. The molecular weight excluding hydrogens is 431 g/mol. The molecule has 1 aromatic carbocycles. The summed E-state index contributed by atoms with van der Waals surface area (Å²) >= 11 is 0. The molecule has 2 rings (SSSR count). The largest absolute Gasteiger partial charge is 0.378 e. The van der Waals surface area contributed by atoms with Gasteiger partial charge in [0.2, 0.25) is 10.0 Å². The van der Waals surface area contributed by atoms with Crippen LogP contribution in [0.25, 0.3) is 0 Å². The smallest absolute Gasteiger partial charge is 0.213 e. The van der Waals surface area contributed by atoms with E-state index in [1.165, 1.54) is 0 Å². The third-order valence-corrected chi connectivity index (χ3v) is 4.61. The van der Waals surface area contributed by atoms with E-state index in [4.69, 9.17) is 10.5 Å². The molecule has 9 heteroatoms. The Hall–Kier alpha value is -0.910. The maximum atomic E-state index is 11.9. The van der Waals surface area contributed by atoms with E-state index in [-0.39, 0.29) is 42.8 Å². The normalized spacial score (nSPS) is 16.0. The Morgan fingerprint density at radius 2 is 1.91 bits per heavy atom. The molecule has 0 unspecified atom stereocenters. The van der Waals surface area contributed by atoms with Crippen molar-refractivity contribution >= 4 is 40.0 Å². The third-order valence-electron chi connectivity index (χ3n) is 3.31. The Bertz CT molecular complexity index is 589. The number of hydrogen-bond donors (Lipinski definition) is 2. The number of nitrogens with one attached hydrogen (secondary N) is 1. The van der Waals surface area contributed by atoms with Crippen molar-refractivity contribution in [3.05, 3.63) is 35.9 Å². The van der Waals surface area contributed by atoms with Gasteiger partial charge in [-0.1, -0.05) is 30.3 Å². The van der Waals surface area contributed by atoms with E-state index >= 15 is 0 Å². The Morgan fingerprint density at radius 1 is 1.26 bits per heavy atom. The van der Waals surface area contributed by atoms with E-state index in [0.717, 1.165) is 5.56 Å². The van der Waals surface area contributed by atoms with Gasteiger partial charge in [0.1, 0.15) is 0 Å². The molecule has 1 aliphatic heterocycles. The maximum Gasteiger partial charge on any atom is 0.213 e. The van der Waals surface area contributed by atoms with Crippen LogP contribution in [0.5, 0.6) is 0 Å². The van der Waals surface area contributed by atoms with Crippen LogP contribution in [0.1, 0.15) is 5.56 Å². The van der Waals surface area contributed by atoms with Crippen molar-refractivity contribution in [3.63, 3.8) is 0 Å². The number of sulfonamides is 1. The van der Waals surface area contributed by atoms with Crippen molar-refractivity contribution < 1.29 is 13.2 Å². The number of morpholine rings is 1. The molecule has 0 atom stereocenters. The first-order chi connectivity index (χ1) is 10.6. The molecule has 1 aliphatic rings. The third kappa shape index (κ3) is 7.46. The fourth-order valence-corrected chi connectivity index (χ4v) is 2.90. The number of halogens is 1. The maximum absolute atomic E-state index is 11.9. The minimum atomic E-state index is -3.36. The zero-order chi connectivity index (χ0) is 15.8. The summed E-state index contributed by atoms with van der Waals surface area (Å²) in [4.78, 5) is 6.03. The van der Waals surface area contributed by atoms with Gasteiger partial charge in [-0.05, 0) is 5.56 Å². The monoisotopic (exact) mass is 454 g/mol. The van der Waals surface area contributed by atoms with Crippen LogP contribution in [0, 0.1) is 0 Å². The molecule has 7 nitrogen and oxygen atoms in total. The van der Waals surface area contributed by atoms with Crippen LogP contribution in [-0.2, 0) is 21.3 Å². The Kier molecular flexibility index (Phi) is 8.81. The average molecular weight is 454 g/mol. The summed E-state index contributed by atoms with van der Waals surface area (Å²) in [6, 6.07) is 9.38. The fourth-order valence-electron chi connectivity index (χ4n) is 2.03. The van der Waals surface area contributed by atoms with Crippen LogP contribution in [0.2, 0.25) is 0 Å². The van der Waals surface area contributed by atoms with Gasteiger partial charge in [0.15, 0.2) is 5.96 Å². The van der Waals surface area contributed by atoms with Crippen LogP contribution in [0.3, 0.4) is 0 Å². The number of hydrogen-bond acceptors (Lipinski definition) is 4. The number of aliphatic imine (C=N–C) groups is 1. The van der Waals surface area contributed by atoms with Gasteiger partial charge in [-0.15, -0.1) is 24.0 Å². The van der Waals surface area contributed by atoms with Crippen molar-refractivity contribution in [2.45, 2.75) is 6.54 Å². The van der Waals surface area contributed by atoms with Gasteiger partial charge in [-0.3, -0.25) is 4.99 Å². The lowest BCUT2D eigenvalue weighted by molar-refractivity contribution is 0.0674. The predicted molar refractivity (Wildman–Crippen MR) is 101 cm³/mol. The van der Waals surface area contributed by atoms with Crippen molar-refractivity contribution in [1.29, 1.82) is 0 Å². The van der Waals surface area contributed by atoms with Crippen molar-refractivity contribution in [1.82, 2.24) is 9.62 Å². The molecule has 1 saturated heterocycles. The molecule has 0 aromatic heterocycles. The van der Waals surface area contributed by atoms with E-state index in [1.807, 2.05) is 35.2 Å². The lowest BCUT2D eigenvalue weighted by atomic mass is 10.2. The van der Waals surface area contributed by atoms with Gasteiger partial charge in [0.05, 0.1) is 25.5 Å². The van der Waals surface area contributed by atoms with E-state index < -0.39 is 10.0 Å². The minimum absolute atomic E-state index is 0. The molecule has 1 heterocycles. The first-order valence-electron chi connectivity index (χ1n) is 7.21. The molecule has 0 saturated carbocycles. The predicted octanol–water partition coefficient (Wildman–Crippen LogP) is 0.371. The molecule has 3 N–H and O–H groups in total. The minimum Gasteiger partial charge on any atom is -0.378 e. The first kappa shape index (κ1) is 20.1. The van der Waals surface area contributed by atoms with Gasteiger partial charge in [-0.2, -0.15) is 0 Å². The molecule has 0 aliphatic carbocycles. The molecule has 0 spiro atoms. The van der Waals surface area contributed by atoms with Gasteiger partial charge in [-0.25, -0.2) is 13.1 Å². The molecule has 23 heavy (non-hydrogen) atoms. The van der Waals surface area contributed by atoms with Gasteiger partial charge < -0.3 is 15.4 Å². The Morgan fingerprint density at radius 3 is 2.57 bits per heavy atom. The zero-order valence-electron chi connectivity index (χ0n) is 12.8. The van der Waals surface area contributed by atoms with Crippen LogP contribution in [0.4, 0.5) is 0 Å². The summed E-state index contributed by atoms with van der Waals surface area (Å²) in [7, 11) is -3.36. The van der Waals surface area contributed by atoms with Crippen LogP contribution < -0.4 is 10.5 Å². The van der Waals surface area contributed by atoms with Gasteiger partial charge in [0, 0.05) is 19.6 Å². The van der Waals surface area contributed by atoms with Crippen LogP contribution >= 0.6 is 24.0 Å². The van der Waals surface area contributed by atoms with Gasteiger partial charge >= 0.3 is 0 Å². The highest BCUT2D eigenvalue weighted by atomic mass is 127. The van der Waals surface area contributed by atoms with E-state index in [1.54, 1.807) is 0 Å². The Labute approximate surface area is 154 Å². The lowest BCUT2D eigenvalue weighted by Crippen LogP contribution is -2.45. The second kappa shape index (κ2) is 10.1. The highest BCUT2D eigenvalue weighted by Gasteiger charge is 2.13. The second-order valence-electron chi connectivity index (χ2n) is 4.96. The SMILES string of the molecule is I.NC(=NCCS(=O)(=O)NCc1ccccc1)N1CCOCC1. The Balaban J connectivity index is 0.00000264. The van der Waals surface area contributed by atoms with E-state index in [9.17, 15) is 8.42 Å². The van der Waals surface area contributed by atoms with Gasteiger partial charge in [0.25, 0.3) is 0 Å². The van der Waals surface area contributed by atoms with Crippen LogP contribution in [0.15, 0.2) is 35.3 Å². The molecule has 0 radical (unpaired) electrons. The second-order valence-corrected chi connectivity index (χ2v) is 6.89. The number of rotatable bonds is 6. The molecule has 130 valence electrons. The molecule has 1 fully saturated rings. The molecular formula is C14H23IN4O3S. The van der Waals surface area contributed by atoms with E-state index in [2.05, 4.69) is 9.71 Å². The van der Waals surface area contributed by atoms with Crippen LogP contribution in [-0.4, -0.2) is 57.9 Å². The number of ether oxygens (including phenoxy) is 1. The quantitative estimate of drug-likeness (QED) is 0.368. The summed E-state index contributed by atoms with van der Waals surface area (Å²) in [6.07, 6.45) is 0. The highest BCUT2D eigenvalue weighted by Crippen LogP contribution is 1.99. The summed E-state index contributed by atoms with van der Waals surface area (Å²) in [6.45, 7) is 3.04. The lowest BCUT2D eigenvalue weighted by Gasteiger charge is -2.27. The number of nitrogens with zero attached hydrogens (tertiary/aromatic N) is 2. The molecule has 0 amide bonds. The van der Waals surface area contributed by atoms with Crippen molar-refractivity contribution in [3.8, 4) is 0 Å². The summed E-state index contributed by atoms with van der Waals surface area (Å²) < 4.78 is 31.6. The number of guanidine groups is 1. The summed E-state index contributed by atoms with van der Waals surface area (Å²) in [5.74, 6) is 0.298. The number of benzene rings is 1. The van der Waals surface area contributed by atoms with Crippen molar-refractivity contribution in [2.24, 2.45) is 10.7 Å². The molecule has 1 aromatic rings. The highest BCUT2D eigenvalue weighted by molar-refractivity contribution is 14.0. The summed E-state index contributed by atoms with van der Waals surface area (Å²) in [5.41, 5.74) is 6.77.